The van der Waals surface area contributed by atoms with Gasteiger partial charge >= 0.3 is 11.9 Å². The third kappa shape index (κ3) is 8.19. The number of esters is 2. The summed E-state index contributed by atoms with van der Waals surface area (Å²) in [4.78, 5) is 23.5. The van der Waals surface area contributed by atoms with Gasteiger partial charge in [-0.3, -0.25) is 9.59 Å². The van der Waals surface area contributed by atoms with E-state index in [0.29, 0.717) is 57.3 Å². The molecule has 0 fully saturated rings. The molecule has 0 saturated heterocycles. The van der Waals surface area contributed by atoms with Crippen molar-refractivity contribution < 1.29 is 29.3 Å². The molecule has 0 heterocycles. The Balaban J connectivity index is 2.76. The quantitative estimate of drug-likeness (QED) is 0.475. The van der Waals surface area contributed by atoms with Gasteiger partial charge in [0.25, 0.3) is 0 Å². The fraction of sp³-hybridized carbons (Fsp3) is 0.636. The first-order valence-electron chi connectivity index (χ1n) is 10.2. The predicted octanol–water partition coefficient (Wildman–Crippen LogP) is 4.60. The van der Waals surface area contributed by atoms with E-state index in [1.165, 1.54) is 6.07 Å². The summed E-state index contributed by atoms with van der Waals surface area (Å²) in [6, 6.07) is 4.56. The highest BCUT2D eigenvalue weighted by atomic mass is 16.5. The molecular formula is C22H34O6. The van der Waals surface area contributed by atoms with Crippen LogP contribution in [0.4, 0.5) is 0 Å². The number of benzene rings is 1. The average Bonchev–Trinajstić information content (AvgIpc) is 2.64. The predicted molar refractivity (Wildman–Crippen MR) is 107 cm³/mol. The molecular weight excluding hydrogens is 360 g/mol. The molecule has 1 aromatic rings. The Morgan fingerprint density at radius 2 is 1.43 bits per heavy atom. The highest BCUT2D eigenvalue weighted by molar-refractivity contribution is 5.69. The number of phenolic OH excluding ortho intramolecular Hbond substituents is 2. The molecule has 0 aromatic heterocycles. The van der Waals surface area contributed by atoms with Crippen molar-refractivity contribution in [3.8, 4) is 11.5 Å². The van der Waals surface area contributed by atoms with Crippen LogP contribution >= 0.6 is 0 Å². The highest BCUT2D eigenvalue weighted by Gasteiger charge is 2.29. The number of ether oxygens (including phenoxy) is 2. The van der Waals surface area contributed by atoms with E-state index in [9.17, 15) is 19.8 Å². The van der Waals surface area contributed by atoms with Gasteiger partial charge < -0.3 is 19.7 Å². The lowest BCUT2D eigenvalue weighted by atomic mass is 9.74. The van der Waals surface area contributed by atoms with Crippen molar-refractivity contribution in [1.82, 2.24) is 0 Å². The summed E-state index contributed by atoms with van der Waals surface area (Å²) >= 11 is 0. The second kappa shape index (κ2) is 12.3. The summed E-state index contributed by atoms with van der Waals surface area (Å²) in [7, 11) is 0. The second-order valence-electron chi connectivity index (χ2n) is 7.41. The highest BCUT2D eigenvalue weighted by Crippen LogP contribution is 2.40. The fourth-order valence-electron chi connectivity index (χ4n) is 3.25. The molecule has 0 atom stereocenters. The van der Waals surface area contributed by atoms with Crippen molar-refractivity contribution in [2.45, 2.75) is 77.6 Å². The summed E-state index contributed by atoms with van der Waals surface area (Å²) < 4.78 is 10.2. The zero-order chi connectivity index (χ0) is 21.0. The van der Waals surface area contributed by atoms with Crippen LogP contribution in [0.15, 0.2) is 18.2 Å². The molecule has 0 aliphatic rings. The summed E-state index contributed by atoms with van der Waals surface area (Å²) in [5, 5.41) is 19.9. The van der Waals surface area contributed by atoms with Gasteiger partial charge in [0, 0.05) is 24.5 Å². The summed E-state index contributed by atoms with van der Waals surface area (Å²) in [5.41, 5.74) is 0.266. The topological polar surface area (TPSA) is 93.1 Å². The number of carbonyl (C=O) groups excluding carboxylic acids is 2. The smallest absolute Gasteiger partial charge is 0.305 e. The summed E-state index contributed by atoms with van der Waals surface area (Å²) in [6.07, 6.45) is 4.73. The van der Waals surface area contributed by atoms with E-state index in [1.807, 2.05) is 20.8 Å². The van der Waals surface area contributed by atoms with Gasteiger partial charge in [0.15, 0.2) is 0 Å². The molecule has 0 saturated carbocycles. The monoisotopic (exact) mass is 394 g/mol. The van der Waals surface area contributed by atoms with Crippen LogP contribution in [0.2, 0.25) is 0 Å². The van der Waals surface area contributed by atoms with Crippen LogP contribution in [0, 0.1) is 0 Å². The third-order valence-corrected chi connectivity index (χ3v) is 4.78. The van der Waals surface area contributed by atoms with Gasteiger partial charge in [-0.2, -0.15) is 0 Å². The van der Waals surface area contributed by atoms with E-state index in [-0.39, 0.29) is 23.4 Å². The van der Waals surface area contributed by atoms with Gasteiger partial charge in [-0.05, 0) is 50.0 Å². The Morgan fingerprint density at radius 3 is 1.86 bits per heavy atom. The van der Waals surface area contributed by atoms with Crippen LogP contribution in [0.5, 0.6) is 11.5 Å². The minimum absolute atomic E-state index is 0.00473. The molecule has 0 aliphatic heterocycles. The zero-order valence-corrected chi connectivity index (χ0v) is 17.3. The maximum atomic E-state index is 11.8. The van der Waals surface area contributed by atoms with Crippen molar-refractivity contribution in [1.29, 1.82) is 0 Å². The molecule has 0 spiro atoms. The molecule has 6 nitrogen and oxygen atoms in total. The van der Waals surface area contributed by atoms with Crippen molar-refractivity contribution in [3.05, 3.63) is 23.8 Å². The number of carbonyl (C=O) groups is 2. The van der Waals surface area contributed by atoms with Crippen molar-refractivity contribution >= 4 is 11.9 Å². The van der Waals surface area contributed by atoms with Crippen LogP contribution < -0.4 is 0 Å². The van der Waals surface area contributed by atoms with Crippen molar-refractivity contribution in [2.24, 2.45) is 0 Å². The Labute approximate surface area is 167 Å². The molecule has 6 heteroatoms. The fourth-order valence-corrected chi connectivity index (χ4v) is 3.25. The number of hydrogen-bond donors (Lipinski definition) is 2. The van der Waals surface area contributed by atoms with Crippen LogP contribution in [0.3, 0.4) is 0 Å². The molecule has 28 heavy (non-hydrogen) atoms. The largest absolute Gasteiger partial charge is 0.508 e. The molecule has 0 radical (unpaired) electrons. The van der Waals surface area contributed by atoms with E-state index in [0.717, 1.165) is 12.8 Å². The molecule has 158 valence electrons. The normalized spacial score (nSPS) is 11.2. The van der Waals surface area contributed by atoms with Gasteiger partial charge in [0.05, 0.1) is 13.2 Å². The molecule has 1 aromatic carbocycles. The minimum Gasteiger partial charge on any atom is -0.508 e. The lowest BCUT2D eigenvalue weighted by Crippen LogP contribution is -2.23. The first-order valence-corrected chi connectivity index (χ1v) is 10.2. The number of aromatic hydroxyl groups is 2. The van der Waals surface area contributed by atoms with Gasteiger partial charge in [0.1, 0.15) is 11.5 Å². The van der Waals surface area contributed by atoms with E-state index >= 15 is 0 Å². The van der Waals surface area contributed by atoms with E-state index in [1.54, 1.807) is 12.1 Å². The average molecular weight is 395 g/mol. The number of hydrogen-bond acceptors (Lipinski definition) is 6. The standard InChI is InChI=1S/C22H34O6/c1-4-14-27-20(25)8-6-12-22(3,13-7-9-21(26)28-15-5-2)18-11-10-17(23)16-19(18)24/h10-11,16,23-24H,4-9,12-15H2,1-3H3. The molecule has 0 unspecified atom stereocenters. The van der Waals surface area contributed by atoms with Crippen LogP contribution in [0.1, 0.15) is 77.7 Å². The minimum atomic E-state index is -0.437. The van der Waals surface area contributed by atoms with Crippen LogP contribution in [-0.4, -0.2) is 35.4 Å². The van der Waals surface area contributed by atoms with Gasteiger partial charge in [-0.25, -0.2) is 0 Å². The lowest BCUT2D eigenvalue weighted by molar-refractivity contribution is -0.144. The molecule has 0 amide bonds. The molecule has 2 N–H and O–H groups in total. The SMILES string of the molecule is CCCOC(=O)CCCC(C)(CCCC(=O)OCCC)c1ccc(O)cc1O. The van der Waals surface area contributed by atoms with Crippen molar-refractivity contribution in [3.63, 3.8) is 0 Å². The second-order valence-corrected chi connectivity index (χ2v) is 7.41. The van der Waals surface area contributed by atoms with E-state index < -0.39 is 5.41 Å². The van der Waals surface area contributed by atoms with Crippen LogP contribution in [0.25, 0.3) is 0 Å². The van der Waals surface area contributed by atoms with Gasteiger partial charge in [-0.1, -0.05) is 26.8 Å². The van der Waals surface area contributed by atoms with Gasteiger partial charge in [-0.15, -0.1) is 0 Å². The number of phenols is 2. The Hall–Kier alpha value is -2.24. The molecule has 0 bridgehead atoms. The first kappa shape index (κ1) is 23.8. The Bertz CT molecular complexity index is 599. The molecule has 0 aliphatic carbocycles. The lowest BCUT2D eigenvalue weighted by Gasteiger charge is -2.31. The Morgan fingerprint density at radius 1 is 0.929 bits per heavy atom. The maximum Gasteiger partial charge on any atom is 0.305 e. The molecule has 1 rings (SSSR count). The number of rotatable bonds is 13. The third-order valence-electron chi connectivity index (χ3n) is 4.78. The van der Waals surface area contributed by atoms with Crippen molar-refractivity contribution in [2.75, 3.05) is 13.2 Å². The maximum absolute atomic E-state index is 11.8. The van der Waals surface area contributed by atoms with E-state index in [4.69, 9.17) is 9.47 Å². The first-order chi connectivity index (χ1) is 13.3. The Kier molecular flexibility index (Phi) is 10.4. The van der Waals surface area contributed by atoms with Gasteiger partial charge in [0.2, 0.25) is 0 Å². The summed E-state index contributed by atoms with van der Waals surface area (Å²) in [6.45, 7) is 6.75. The van der Waals surface area contributed by atoms with E-state index in [2.05, 4.69) is 0 Å². The summed E-state index contributed by atoms with van der Waals surface area (Å²) in [5.74, 6) is -0.427. The zero-order valence-electron chi connectivity index (χ0n) is 17.3. The van der Waals surface area contributed by atoms with Crippen LogP contribution in [-0.2, 0) is 24.5 Å².